The Labute approximate surface area is 141 Å². The molecule has 1 amide bonds. The second-order valence-corrected chi connectivity index (χ2v) is 7.28. The number of fused-ring (bicyclic) bond motifs is 1. The molecular weight excluding hydrogens is 341 g/mol. The van der Waals surface area contributed by atoms with Crippen LogP contribution in [0, 0.1) is 0 Å². The Kier molecular flexibility index (Phi) is 4.33. The summed E-state index contributed by atoms with van der Waals surface area (Å²) in [6.45, 7) is 1.83. The third-order valence-corrected chi connectivity index (χ3v) is 5.74. The first-order valence-electron chi connectivity index (χ1n) is 7.68. The fourth-order valence-corrected chi connectivity index (χ4v) is 4.13. The lowest BCUT2D eigenvalue weighted by molar-refractivity contribution is -0.140. The molecule has 0 N–H and O–H groups in total. The summed E-state index contributed by atoms with van der Waals surface area (Å²) in [5, 5.41) is 3.53. The molecular formula is C15H19F3N4OS. The van der Waals surface area contributed by atoms with E-state index in [4.69, 9.17) is 0 Å². The molecule has 0 aromatic carbocycles. The summed E-state index contributed by atoms with van der Waals surface area (Å²) in [4.78, 5) is 17.2. The molecule has 2 aromatic rings. The number of piperidine rings is 1. The van der Waals surface area contributed by atoms with Gasteiger partial charge in [-0.2, -0.15) is 18.3 Å². The van der Waals surface area contributed by atoms with Gasteiger partial charge in [0.15, 0.2) is 5.69 Å². The average Bonchev–Trinajstić information content (AvgIpc) is 3.07. The van der Waals surface area contributed by atoms with Crippen molar-refractivity contribution in [3.8, 4) is 0 Å². The number of aromatic nitrogens is 2. The molecule has 0 bridgehead atoms. The first kappa shape index (κ1) is 17.2. The molecule has 0 radical (unpaired) electrons. The number of alkyl halides is 3. The van der Waals surface area contributed by atoms with E-state index >= 15 is 0 Å². The van der Waals surface area contributed by atoms with Crippen molar-refractivity contribution in [2.24, 2.45) is 7.05 Å². The van der Waals surface area contributed by atoms with Crippen molar-refractivity contribution >= 4 is 27.5 Å². The van der Waals surface area contributed by atoms with E-state index in [0.29, 0.717) is 9.71 Å². The summed E-state index contributed by atoms with van der Waals surface area (Å²) >= 11 is 1.06. The zero-order chi connectivity index (χ0) is 17.6. The highest BCUT2D eigenvalue weighted by atomic mass is 32.1. The van der Waals surface area contributed by atoms with E-state index in [1.54, 1.807) is 11.9 Å². The van der Waals surface area contributed by atoms with Gasteiger partial charge in [0.1, 0.15) is 4.83 Å². The lowest BCUT2D eigenvalue weighted by Crippen LogP contribution is -2.44. The van der Waals surface area contributed by atoms with Crippen LogP contribution < -0.4 is 0 Å². The quantitative estimate of drug-likeness (QED) is 0.827. The van der Waals surface area contributed by atoms with Gasteiger partial charge in [-0.25, -0.2) is 0 Å². The summed E-state index contributed by atoms with van der Waals surface area (Å²) in [5.74, 6) is -0.223. The Bertz CT molecular complexity index is 759. The number of likely N-dealkylation sites (tertiary alicyclic amines) is 1. The molecule has 2 aromatic heterocycles. The third-order valence-electron chi connectivity index (χ3n) is 4.55. The maximum atomic E-state index is 13.1. The standard InChI is InChI=1S/C15H19F3N4OS/c1-20-6-4-9(5-7-20)21(2)13(23)11-8-10-12(15(16,17)18)19-22(3)14(10)24-11/h8-9H,4-7H2,1-3H3. The van der Waals surface area contributed by atoms with Crippen LogP contribution in [0.1, 0.15) is 28.2 Å². The molecule has 0 aliphatic carbocycles. The van der Waals surface area contributed by atoms with Crippen LogP contribution in [0.25, 0.3) is 10.2 Å². The van der Waals surface area contributed by atoms with Crippen LogP contribution in [0.5, 0.6) is 0 Å². The molecule has 0 saturated carbocycles. The first-order chi connectivity index (χ1) is 11.2. The minimum atomic E-state index is -4.53. The van der Waals surface area contributed by atoms with Gasteiger partial charge in [0.2, 0.25) is 0 Å². The van der Waals surface area contributed by atoms with Gasteiger partial charge in [0, 0.05) is 25.5 Å². The van der Waals surface area contributed by atoms with Crippen LogP contribution in [0.3, 0.4) is 0 Å². The Morgan fingerprint density at radius 2 is 1.96 bits per heavy atom. The summed E-state index contributed by atoms with van der Waals surface area (Å²) in [5.41, 5.74) is -0.933. The summed E-state index contributed by atoms with van der Waals surface area (Å²) < 4.78 is 40.4. The number of halogens is 3. The number of carbonyl (C=O) groups is 1. The molecule has 9 heteroatoms. The fraction of sp³-hybridized carbons (Fsp3) is 0.600. The van der Waals surface area contributed by atoms with E-state index in [9.17, 15) is 18.0 Å². The molecule has 3 rings (SSSR count). The highest BCUT2D eigenvalue weighted by Crippen LogP contribution is 2.37. The number of aryl methyl sites for hydroxylation is 1. The smallest absolute Gasteiger partial charge is 0.338 e. The lowest BCUT2D eigenvalue weighted by atomic mass is 10.0. The van der Waals surface area contributed by atoms with Gasteiger partial charge >= 0.3 is 6.18 Å². The average molecular weight is 360 g/mol. The largest absolute Gasteiger partial charge is 0.435 e. The van der Waals surface area contributed by atoms with Crippen molar-refractivity contribution < 1.29 is 18.0 Å². The number of thiophene rings is 1. The van der Waals surface area contributed by atoms with Gasteiger partial charge in [-0.05, 0) is 39.0 Å². The van der Waals surface area contributed by atoms with E-state index in [0.717, 1.165) is 37.3 Å². The van der Waals surface area contributed by atoms with Crippen molar-refractivity contribution in [2.45, 2.75) is 25.1 Å². The number of rotatable bonds is 2. The Morgan fingerprint density at radius 3 is 2.54 bits per heavy atom. The van der Waals surface area contributed by atoms with Gasteiger partial charge in [-0.1, -0.05) is 0 Å². The second kappa shape index (κ2) is 6.03. The molecule has 24 heavy (non-hydrogen) atoms. The minimum Gasteiger partial charge on any atom is -0.338 e. The number of hydrogen-bond donors (Lipinski definition) is 0. The second-order valence-electron chi connectivity index (χ2n) is 6.25. The van der Waals surface area contributed by atoms with Gasteiger partial charge in [0.05, 0.1) is 4.88 Å². The molecule has 1 aliphatic rings. The van der Waals surface area contributed by atoms with Gasteiger partial charge < -0.3 is 9.80 Å². The van der Waals surface area contributed by atoms with E-state index in [2.05, 4.69) is 10.00 Å². The third kappa shape index (κ3) is 3.02. The molecule has 132 valence electrons. The van der Waals surface area contributed by atoms with Gasteiger partial charge in [-0.3, -0.25) is 9.48 Å². The van der Waals surface area contributed by atoms with Crippen molar-refractivity contribution in [1.82, 2.24) is 19.6 Å². The Morgan fingerprint density at radius 1 is 1.33 bits per heavy atom. The summed E-state index contributed by atoms with van der Waals surface area (Å²) in [6, 6.07) is 1.45. The molecule has 0 unspecified atom stereocenters. The van der Waals surface area contributed by atoms with Crippen LogP contribution in [-0.2, 0) is 13.2 Å². The summed E-state index contributed by atoms with van der Waals surface area (Å²) in [6.07, 6.45) is -2.78. The molecule has 5 nitrogen and oxygen atoms in total. The van der Waals surface area contributed by atoms with Crippen LogP contribution in [0.4, 0.5) is 13.2 Å². The lowest BCUT2D eigenvalue weighted by Gasteiger charge is -2.34. The number of nitrogens with zero attached hydrogens (tertiary/aromatic N) is 4. The summed E-state index contributed by atoms with van der Waals surface area (Å²) in [7, 11) is 5.23. The fourth-order valence-electron chi connectivity index (χ4n) is 3.08. The molecule has 0 spiro atoms. The predicted molar refractivity (Wildman–Crippen MR) is 86.2 cm³/mol. The molecule has 1 aliphatic heterocycles. The topological polar surface area (TPSA) is 41.4 Å². The number of amides is 1. The highest BCUT2D eigenvalue weighted by Gasteiger charge is 2.38. The molecule has 3 heterocycles. The van der Waals surface area contributed by atoms with Crippen LogP contribution >= 0.6 is 11.3 Å². The van der Waals surface area contributed by atoms with Crippen molar-refractivity contribution in [3.63, 3.8) is 0 Å². The minimum absolute atomic E-state index is 0.00451. The molecule has 1 saturated heterocycles. The number of carbonyl (C=O) groups excluding carboxylic acids is 1. The maximum Gasteiger partial charge on any atom is 0.435 e. The maximum absolute atomic E-state index is 13.1. The monoisotopic (exact) mass is 360 g/mol. The number of hydrogen-bond acceptors (Lipinski definition) is 4. The van der Waals surface area contributed by atoms with Crippen LogP contribution in [0.15, 0.2) is 6.07 Å². The van der Waals surface area contributed by atoms with Gasteiger partial charge in [0.25, 0.3) is 5.91 Å². The van der Waals surface area contributed by atoms with Crippen LogP contribution in [-0.4, -0.2) is 58.7 Å². The van der Waals surface area contributed by atoms with E-state index in [1.807, 2.05) is 7.05 Å². The zero-order valence-corrected chi connectivity index (χ0v) is 14.5. The van der Waals surface area contributed by atoms with Crippen molar-refractivity contribution in [2.75, 3.05) is 27.2 Å². The normalized spacial score (nSPS) is 17.6. The van der Waals surface area contributed by atoms with Crippen molar-refractivity contribution in [3.05, 3.63) is 16.6 Å². The molecule has 1 fully saturated rings. The van der Waals surface area contributed by atoms with Gasteiger partial charge in [-0.15, -0.1) is 11.3 Å². The Hall–Kier alpha value is -1.61. The highest BCUT2D eigenvalue weighted by molar-refractivity contribution is 7.20. The van der Waals surface area contributed by atoms with Crippen LogP contribution in [0.2, 0.25) is 0 Å². The Balaban J connectivity index is 1.88. The predicted octanol–water partition coefficient (Wildman–Crippen LogP) is 2.82. The van der Waals surface area contributed by atoms with Crippen molar-refractivity contribution in [1.29, 1.82) is 0 Å². The first-order valence-corrected chi connectivity index (χ1v) is 8.49. The SMILES string of the molecule is CN1CCC(N(C)C(=O)c2cc3c(C(F)(F)F)nn(C)c3s2)CC1. The molecule has 0 atom stereocenters. The van der Waals surface area contributed by atoms with E-state index in [-0.39, 0.29) is 17.3 Å². The van der Waals surface area contributed by atoms with E-state index in [1.165, 1.54) is 17.8 Å². The van der Waals surface area contributed by atoms with E-state index < -0.39 is 11.9 Å². The zero-order valence-electron chi connectivity index (χ0n) is 13.7.